The lowest BCUT2D eigenvalue weighted by molar-refractivity contribution is -0.140. The number of aliphatic hydroxyl groups excluding tert-OH is 1. The highest BCUT2D eigenvalue weighted by Crippen LogP contribution is 2.39. The van der Waals surface area contributed by atoms with Crippen molar-refractivity contribution in [3.05, 3.63) is 65.5 Å². The third kappa shape index (κ3) is 5.11. The zero-order valence-electron chi connectivity index (χ0n) is 17.9. The molecule has 1 saturated heterocycles. The molecule has 0 bridgehead atoms. The highest BCUT2D eigenvalue weighted by atomic mass is 16.5. The summed E-state index contributed by atoms with van der Waals surface area (Å²) in [5.41, 5.74) is 1.25. The van der Waals surface area contributed by atoms with Crippen LogP contribution in [0.4, 0.5) is 0 Å². The van der Waals surface area contributed by atoms with Gasteiger partial charge in [0.05, 0.1) is 18.2 Å². The molecule has 2 aromatic rings. The smallest absolute Gasteiger partial charge is 0.295 e. The van der Waals surface area contributed by atoms with Crippen LogP contribution in [0.5, 0.6) is 5.75 Å². The van der Waals surface area contributed by atoms with Crippen LogP contribution in [-0.4, -0.2) is 53.5 Å². The Hall–Kier alpha value is -3.19. The Morgan fingerprint density at radius 1 is 1.06 bits per heavy atom. The molecule has 0 saturated carbocycles. The van der Waals surface area contributed by atoms with E-state index in [1.165, 1.54) is 17.3 Å². The van der Waals surface area contributed by atoms with Crippen LogP contribution < -0.4 is 4.74 Å². The Bertz CT molecular complexity index is 925. The first-order valence-corrected chi connectivity index (χ1v) is 10.5. The Morgan fingerprint density at radius 3 is 2.42 bits per heavy atom. The van der Waals surface area contributed by atoms with Crippen molar-refractivity contribution >= 4 is 17.4 Å². The number of ether oxygens (including phenoxy) is 2. The van der Waals surface area contributed by atoms with Gasteiger partial charge < -0.3 is 19.5 Å². The average Bonchev–Trinajstić information content (AvgIpc) is 3.05. The van der Waals surface area contributed by atoms with Crippen molar-refractivity contribution in [2.45, 2.75) is 32.2 Å². The van der Waals surface area contributed by atoms with Crippen LogP contribution in [0.2, 0.25) is 0 Å². The number of rotatable bonds is 10. The number of amides is 1. The zero-order valence-corrected chi connectivity index (χ0v) is 17.9. The second kappa shape index (κ2) is 10.7. The molecule has 1 fully saturated rings. The predicted octanol–water partition coefficient (Wildman–Crippen LogP) is 3.72. The molecule has 1 amide bonds. The molecule has 0 radical (unpaired) electrons. The number of aliphatic hydroxyl groups is 1. The highest BCUT2D eigenvalue weighted by molar-refractivity contribution is 6.46. The summed E-state index contributed by atoms with van der Waals surface area (Å²) in [5.74, 6) is -0.800. The van der Waals surface area contributed by atoms with Crippen LogP contribution in [0.1, 0.15) is 43.4 Å². The lowest BCUT2D eigenvalue weighted by Crippen LogP contribution is -2.31. The highest BCUT2D eigenvalue weighted by Gasteiger charge is 2.45. The number of carbonyl (C=O) groups excluding carboxylic acids is 2. The van der Waals surface area contributed by atoms with Gasteiger partial charge in [-0.05, 0) is 42.7 Å². The molecule has 0 spiro atoms. The second-order valence-corrected chi connectivity index (χ2v) is 7.35. The van der Waals surface area contributed by atoms with Crippen molar-refractivity contribution in [3.63, 3.8) is 0 Å². The quantitative estimate of drug-likeness (QED) is 0.271. The van der Waals surface area contributed by atoms with Gasteiger partial charge in [0.25, 0.3) is 11.7 Å². The molecular weight excluding hydrogens is 396 g/mol. The predicted molar refractivity (Wildman–Crippen MR) is 117 cm³/mol. The summed E-state index contributed by atoms with van der Waals surface area (Å²) in [6.45, 7) is 3.53. The Labute approximate surface area is 182 Å². The molecule has 164 valence electrons. The van der Waals surface area contributed by atoms with Gasteiger partial charge in [0.1, 0.15) is 11.5 Å². The third-order valence-electron chi connectivity index (χ3n) is 5.20. The van der Waals surface area contributed by atoms with E-state index in [9.17, 15) is 14.7 Å². The monoisotopic (exact) mass is 424 g/mol. The topological polar surface area (TPSA) is 89.0 Å². The summed E-state index contributed by atoms with van der Waals surface area (Å²) in [7, 11) is 1.59. The molecular formula is C24H28N2O5. The van der Waals surface area contributed by atoms with Crippen LogP contribution in [0, 0.1) is 0 Å². The Kier molecular flexibility index (Phi) is 7.78. The van der Waals surface area contributed by atoms with E-state index in [1.807, 2.05) is 24.3 Å². The van der Waals surface area contributed by atoms with E-state index in [4.69, 9.17) is 9.47 Å². The van der Waals surface area contributed by atoms with Gasteiger partial charge in [-0.1, -0.05) is 25.5 Å². The number of Topliss-reactive ketones (excluding diaryl/α,β-unsaturated/α-hetero) is 1. The van der Waals surface area contributed by atoms with Crippen LogP contribution in [-0.2, 0) is 14.3 Å². The summed E-state index contributed by atoms with van der Waals surface area (Å²) in [5, 5.41) is 10.9. The number of hydrogen-bond acceptors (Lipinski definition) is 6. The minimum Gasteiger partial charge on any atom is -0.507 e. The fourth-order valence-corrected chi connectivity index (χ4v) is 3.58. The first kappa shape index (κ1) is 22.5. The SMILES string of the molecule is CCCCOc1ccc(C2/C(=C(\O)c3ccncc3)C(=O)C(=O)N2CCCOC)cc1. The van der Waals surface area contributed by atoms with E-state index in [2.05, 4.69) is 11.9 Å². The summed E-state index contributed by atoms with van der Waals surface area (Å²) in [6, 6.07) is 9.85. The van der Waals surface area contributed by atoms with Crippen molar-refractivity contribution in [2.75, 3.05) is 26.9 Å². The van der Waals surface area contributed by atoms with E-state index in [0.717, 1.165) is 24.2 Å². The maximum absolute atomic E-state index is 12.9. The molecule has 1 aromatic heterocycles. The average molecular weight is 424 g/mol. The second-order valence-electron chi connectivity index (χ2n) is 7.35. The lowest BCUT2D eigenvalue weighted by atomic mass is 9.95. The normalized spacial score (nSPS) is 17.9. The maximum atomic E-state index is 12.9. The van der Waals surface area contributed by atoms with Crippen molar-refractivity contribution < 1.29 is 24.2 Å². The number of aromatic nitrogens is 1. The molecule has 1 aliphatic rings. The van der Waals surface area contributed by atoms with Crippen molar-refractivity contribution in [3.8, 4) is 5.75 Å². The van der Waals surface area contributed by atoms with E-state index in [0.29, 0.717) is 31.7 Å². The van der Waals surface area contributed by atoms with Crippen LogP contribution in [0.15, 0.2) is 54.4 Å². The maximum Gasteiger partial charge on any atom is 0.295 e. The molecule has 1 aliphatic heterocycles. The standard InChI is InChI=1S/C24H28N2O5/c1-3-4-16-31-19-8-6-17(7-9-19)21-20(22(27)18-10-12-25-13-11-18)23(28)24(29)26(21)14-5-15-30-2/h6-13,21,27H,3-5,14-16H2,1-2H3/b22-20+. The van der Waals surface area contributed by atoms with E-state index in [1.54, 1.807) is 19.2 Å². The summed E-state index contributed by atoms with van der Waals surface area (Å²) < 4.78 is 10.8. The fraction of sp³-hybridized carbons (Fsp3) is 0.375. The van der Waals surface area contributed by atoms with Gasteiger partial charge in [-0.2, -0.15) is 0 Å². The minimum atomic E-state index is -0.694. The molecule has 1 unspecified atom stereocenters. The number of ketones is 1. The number of nitrogens with zero attached hydrogens (tertiary/aromatic N) is 2. The number of methoxy groups -OCH3 is 1. The first-order valence-electron chi connectivity index (χ1n) is 10.5. The minimum absolute atomic E-state index is 0.0771. The molecule has 1 aromatic carbocycles. The first-order chi connectivity index (χ1) is 15.1. The molecule has 1 N–H and O–H groups in total. The van der Waals surface area contributed by atoms with Gasteiger partial charge in [0.15, 0.2) is 0 Å². The van der Waals surface area contributed by atoms with Crippen LogP contribution in [0.3, 0.4) is 0 Å². The van der Waals surface area contributed by atoms with Gasteiger partial charge >= 0.3 is 0 Å². The van der Waals surface area contributed by atoms with Crippen LogP contribution >= 0.6 is 0 Å². The molecule has 0 aliphatic carbocycles. The van der Waals surface area contributed by atoms with Gasteiger partial charge in [-0.3, -0.25) is 14.6 Å². The van der Waals surface area contributed by atoms with E-state index in [-0.39, 0.29) is 11.3 Å². The number of benzene rings is 1. The van der Waals surface area contributed by atoms with Crippen LogP contribution in [0.25, 0.3) is 5.76 Å². The summed E-state index contributed by atoms with van der Waals surface area (Å²) >= 11 is 0. The molecule has 2 heterocycles. The molecule has 1 atom stereocenters. The molecule has 31 heavy (non-hydrogen) atoms. The number of hydrogen-bond donors (Lipinski definition) is 1. The van der Waals surface area contributed by atoms with Gasteiger partial charge in [-0.15, -0.1) is 0 Å². The number of likely N-dealkylation sites (tertiary alicyclic amines) is 1. The van der Waals surface area contributed by atoms with Gasteiger partial charge in [0, 0.05) is 38.2 Å². The molecule has 7 heteroatoms. The Balaban J connectivity index is 1.99. The van der Waals surface area contributed by atoms with Gasteiger partial charge in [-0.25, -0.2) is 0 Å². The molecule has 3 rings (SSSR count). The van der Waals surface area contributed by atoms with Crippen molar-refractivity contribution in [1.82, 2.24) is 9.88 Å². The van der Waals surface area contributed by atoms with Crippen molar-refractivity contribution in [1.29, 1.82) is 0 Å². The fourth-order valence-electron chi connectivity index (χ4n) is 3.58. The largest absolute Gasteiger partial charge is 0.507 e. The van der Waals surface area contributed by atoms with E-state index < -0.39 is 17.7 Å². The van der Waals surface area contributed by atoms with Gasteiger partial charge in [0.2, 0.25) is 0 Å². The third-order valence-corrected chi connectivity index (χ3v) is 5.20. The number of carbonyl (C=O) groups is 2. The summed E-state index contributed by atoms with van der Waals surface area (Å²) in [6.07, 6.45) is 5.65. The van der Waals surface area contributed by atoms with Crippen molar-refractivity contribution in [2.24, 2.45) is 0 Å². The summed E-state index contributed by atoms with van der Waals surface area (Å²) in [4.78, 5) is 31.2. The number of pyridine rings is 1. The zero-order chi connectivity index (χ0) is 22.2. The number of unbranched alkanes of at least 4 members (excludes halogenated alkanes) is 1. The molecule has 7 nitrogen and oxygen atoms in total. The van der Waals surface area contributed by atoms with E-state index >= 15 is 0 Å². The lowest BCUT2D eigenvalue weighted by Gasteiger charge is -2.25. The Morgan fingerprint density at radius 2 is 1.77 bits per heavy atom.